The Bertz CT molecular complexity index is 1340. The van der Waals surface area contributed by atoms with Crippen LogP contribution < -0.4 is 21.7 Å². The molecule has 38 heavy (non-hydrogen) atoms. The molecule has 1 aliphatic rings. The van der Waals surface area contributed by atoms with E-state index in [4.69, 9.17) is 22.1 Å². The molecule has 0 aliphatic carbocycles. The minimum absolute atomic E-state index is 0.100. The largest absolute Gasteiger partial charge is 0.481 e. The number of carbonyl (C=O) groups excluding carboxylic acids is 3. The van der Waals surface area contributed by atoms with Crippen LogP contribution in [0.2, 0.25) is 5.02 Å². The van der Waals surface area contributed by atoms with E-state index in [-0.39, 0.29) is 45.5 Å². The highest BCUT2D eigenvalue weighted by Crippen LogP contribution is 2.26. The molecular weight excluding hydrogens is 506 g/mol. The smallest absolute Gasteiger partial charge is 0.262 e. The number of benzene rings is 2. The van der Waals surface area contributed by atoms with Crippen LogP contribution in [0.3, 0.4) is 0 Å². The zero-order valence-corrected chi connectivity index (χ0v) is 22.2. The van der Waals surface area contributed by atoms with E-state index in [2.05, 4.69) is 27.5 Å². The van der Waals surface area contributed by atoms with Gasteiger partial charge in [0.25, 0.3) is 17.7 Å². The molecule has 0 spiro atoms. The van der Waals surface area contributed by atoms with E-state index in [1.165, 1.54) is 25.3 Å². The van der Waals surface area contributed by atoms with Gasteiger partial charge in [0.1, 0.15) is 11.4 Å². The van der Waals surface area contributed by atoms with Crippen molar-refractivity contribution >= 4 is 40.8 Å². The van der Waals surface area contributed by atoms with E-state index in [1.54, 1.807) is 6.07 Å². The fourth-order valence-corrected chi connectivity index (χ4v) is 3.86. The van der Waals surface area contributed by atoms with Crippen molar-refractivity contribution in [2.45, 2.75) is 26.3 Å². The maximum absolute atomic E-state index is 13.1. The number of carbonyl (C=O) groups is 3. The Morgan fingerprint density at radius 3 is 2.50 bits per heavy atom. The monoisotopic (exact) mass is 535 g/mol. The number of aliphatic imine (C=N–C) groups is 1. The molecule has 1 aliphatic heterocycles. The molecule has 0 saturated carbocycles. The lowest BCUT2D eigenvalue weighted by atomic mass is 10.0. The predicted octanol–water partition coefficient (Wildman–Crippen LogP) is 4.01. The van der Waals surface area contributed by atoms with E-state index in [0.29, 0.717) is 18.5 Å². The van der Waals surface area contributed by atoms with Crippen molar-refractivity contribution in [2.75, 3.05) is 19.0 Å². The average molecular weight is 536 g/mol. The number of amides is 3. The summed E-state index contributed by atoms with van der Waals surface area (Å²) in [4.78, 5) is 43.0. The number of rotatable bonds is 9. The Morgan fingerprint density at radius 2 is 1.87 bits per heavy atom. The molecule has 0 radical (unpaired) electrons. The number of hydrogen-bond donors (Lipinski definition) is 4. The second kappa shape index (κ2) is 12.8. The SMILES string of the molecule is C=C(/N=C1/NC(=O)C(C(=O)Nc2cc(C(=O)NC(CCN)c3ccccc3)ccc2Cl)=CC1=C(C)C)OC. The van der Waals surface area contributed by atoms with E-state index in [0.717, 1.165) is 11.1 Å². The van der Waals surface area contributed by atoms with E-state index in [1.807, 2.05) is 44.2 Å². The van der Waals surface area contributed by atoms with Gasteiger partial charge >= 0.3 is 0 Å². The standard InChI is InChI=1S/C28H30ClN5O4/c1-16(2)20-15-21(28(37)34-25(20)31-17(3)38-4)27(36)33-24-14-19(10-11-22(24)29)26(35)32-23(12-13-30)18-8-6-5-7-9-18/h5-11,14-15,23H,3,12-13,30H2,1-2,4H3,(H,32,35)(H,33,36)(H,31,34,37). The van der Waals surface area contributed by atoms with Gasteiger partial charge in [0.05, 0.1) is 23.9 Å². The summed E-state index contributed by atoms with van der Waals surface area (Å²) in [6.07, 6.45) is 1.99. The molecular formula is C28H30ClN5O4. The fourth-order valence-electron chi connectivity index (χ4n) is 3.70. The van der Waals surface area contributed by atoms with Crippen molar-refractivity contribution in [1.82, 2.24) is 10.6 Å². The second-order valence-electron chi connectivity index (χ2n) is 8.65. The number of nitrogens with zero attached hydrogens (tertiary/aromatic N) is 1. The maximum atomic E-state index is 13.1. The van der Waals surface area contributed by atoms with Crippen molar-refractivity contribution in [1.29, 1.82) is 0 Å². The first kappa shape index (κ1) is 28.4. The summed E-state index contributed by atoms with van der Waals surface area (Å²) >= 11 is 6.31. The van der Waals surface area contributed by atoms with Gasteiger partial charge in [0.15, 0.2) is 0 Å². The number of amidine groups is 1. The van der Waals surface area contributed by atoms with Gasteiger partial charge in [0, 0.05) is 11.1 Å². The number of halogens is 1. The van der Waals surface area contributed by atoms with Gasteiger partial charge in [-0.3, -0.25) is 14.4 Å². The number of hydrogen-bond acceptors (Lipinski definition) is 6. The Hall–Kier alpha value is -4.21. The minimum Gasteiger partial charge on any atom is -0.481 e. The molecule has 9 nitrogen and oxygen atoms in total. The molecule has 0 bridgehead atoms. The normalized spacial score (nSPS) is 14.8. The van der Waals surface area contributed by atoms with Crippen molar-refractivity contribution in [3.63, 3.8) is 0 Å². The maximum Gasteiger partial charge on any atom is 0.262 e. The van der Waals surface area contributed by atoms with Crippen molar-refractivity contribution in [3.8, 4) is 0 Å². The Morgan fingerprint density at radius 1 is 1.16 bits per heavy atom. The lowest BCUT2D eigenvalue weighted by Crippen LogP contribution is -2.40. The second-order valence-corrected chi connectivity index (χ2v) is 9.05. The van der Waals surface area contributed by atoms with Crippen LogP contribution in [0.1, 0.15) is 42.2 Å². The van der Waals surface area contributed by atoms with Crippen LogP contribution >= 0.6 is 11.6 Å². The number of nitrogens with one attached hydrogen (secondary N) is 3. The number of anilines is 1. The van der Waals surface area contributed by atoms with Gasteiger partial charge in [-0.1, -0.05) is 47.5 Å². The summed E-state index contributed by atoms with van der Waals surface area (Å²) in [5.74, 6) is -1.40. The molecule has 1 unspecified atom stereocenters. The Kier molecular flexibility index (Phi) is 9.59. The molecule has 2 aromatic carbocycles. The summed E-state index contributed by atoms with van der Waals surface area (Å²) in [5, 5.41) is 8.42. The van der Waals surface area contributed by atoms with Gasteiger partial charge in [-0.25, -0.2) is 0 Å². The van der Waals surface area contributed by atoms with Crippen LogP contribution in [0.4, 0.5) is 5.69 Å². The third-order valence-corrected chi connectivity index (χ3v) is 6.04. The Balaban J connectivity index is 1.84. The lowest BCUT2D eigenvalue weighted by molar-refractivity contribution is -0.120. The predicted molar refractivity (Wildman–Crippen MR) is 149 cm³/mol. The van der Waals surface area contributed by atoms with Crippen LogP contribution in [0, 0.1) is 0 Å². The van der Waals surface area contributed by atoms with Gasteiger partial charge in [-0.2, -0.15) is 4.99 Å². The first-order valence-corrected chi connectivity index (χ1v) is 12.2. The van der Waals surface area contributed by atoms with Crippen molar-refractivity contribution in [3.05, 3.63) is 99.9 Å². The van der Waals surface area contributed by atoms with Crippen molar-refractivity contribution < 1.29 is 19.1 Å². The number of allylic oxidation sites excluding steroid dienone is 1. The number of nitrogens with two attached hydrogens (primary N) is 1. The molecule has 2 aromatic rings. The number of methoxy groups -OCH3 is 1. The first-order valence-electron chi connectivity index (χ1n) is 11.8. The third-order valence-electron chi connectivity index (χ3n) is 5.72. The summed E-state index contributed by atoms with van der Waals surface area (Å²) in [7, 11) is 1.41. The zero-order chi connectivity index (χ0) is 27.8. The number of ether oxygens (including phenoxy) is 1. The minimum atomic E-state index is -0.698. The topological polar surface area (TPSA) is 135 Å². The van der Waals surface area contributed by atoms with E-state index in [9.17, 15) is 14.4 Å². The van der Waals surface area contributed by atoms with E-state index >= 15 is 0 Å². The molecule has 10 heteroatoms. The molecule has 0 saturated heterocycles. The van der Waals surface area contributed by atoms with Gasteiger partial charge < -0.3 is 26.4 Å². The molecule has 198 valence electrons. The van der Waals surface area contributed by atoms with E-state index < -0.39 is 11.8 Å². The third kappa shape index (κ3) is 6.96. The van der Waals surface area contributed by atoms with Gasteiger partial charge in [-0.05, 0) is 63.2 Å². The van der Waals surface area contributed by atoms with Crippen molar-refractivity contribution in [2.24, 2.45) is 10.7 Å². The van der Waals surface area contributed by atoms with Crippen LogP contribution in [-0.2, 0) is 14.3 Å². The van der Waals surface area contributed by atoms with Crippen LogP contribution in [-0.4, -0.2) is 37.2 Å². The van der Waals surface area contributed by atoms with Gasteiger partial charge in [0.2, 0.25) is 5.88 Å². The quantitative estimate of drug-likeness (QED) is 0.284. The highest BCUT2D eigenvalue weighted by Gasteiger charge is 2.28. The fraction of sp³-hybridized carbons (Fsp3) is 0.214. The van der Waals surface area contributed by atoms with Crippen LogP contribution in [0.15, 0.2) is 88.8 Å². The highest BCUT2D eigenvalue weighted by atomic mass is 35.5. The van der Waals surface area contributed by atoms with Crippen LogP contribution in [0.25, 0.3) is 0 Å². The zero-order valence-electron chi connectivity index (χ0n) is 21.4. The lowest BCUT2D eigenvalue weighted by Gasteiger charge is -2.20. The molecule has 1 heterocycles. The summed E-state index contributed by atoms with van der Waals surface area (Å²) in [6, 6.07) is 13.7. The Labute approximate surface area is 226 Å². The molecule has 1 atom stereocenters. The molecule has 0 aromatic heterocycles. The molecule has 5 N–H and O–H groups in total. The molecule has 0 fully saturated rings. The molecule has 3 amide bonds. The average Bonchev–Trinajstić information content (AvgIpc) is 2.89. The highest BCUT2D eigenvalue weighted by molar-refractivity contribution is 6.35. The van der Waals surface area contributed by atoms with Crippen LogP contribution in [0.5, 0.6) is 0 Å². The first-order chi connectivity index (χ1) is 18.1. The molecule has 3 rings (SSSR count). The summed E-state index contributed by atoms with van der Waals surface area (Å²) < 4.78 is 4.97. The summed E-state index contributed by atoms with van der Waals surface area (Å²) in [5.41, 5.74) is 8.34. The van der Waals surface area contributed by atoms with Gasteiger partial charge in [-0.15, -0.1) is 0 Å². The summed E-state index contributed by atoms with van der Waals surface area (Å²) in [6.45, 7) is 7.66.